The molecule has 0 aliphatic heterocycles. The molecule has 4 heteroatoms. The lowest BCUT2D eigenvalue weighted by molar-refractivity contribution is -0.140. The summed E-state index contributed by atoms with van der Waals surface area (Å²) in [5, 5.41) is 8.82. The number of carboxylic acids is 1. The molecule has 1 saturated carbocycles. The maximum Gasteiger partial charge on any atom is 0.303 e. The minimum Gasteiger partial charge on any atom is -0.481 e. The molecule has 126 valence electrons. The smallest absolute Gasteiger partial charge is 0.303 e. The lowest BCUT2D eigenvalue weighted by atomic mass is 9.65. The molecule has 0 spiro atoms. The van der Waals surface area contributed by atoms with Crippen LogP contribution < -0.4 is 4.74 Å². The van der Waals surface area contributed by atoms with Gasteiger partial charge in [-0.2, -0.15) is 0 Å². The molecule has 24 heavy (non-hydrogen) atoms. The molecule has 1 N–H and O–H groups in total. The highest BCUT2D eigenvalue weighted by Gasteiger charge is 2.45. The van der Waals surface area contributed by atoms with Crippen LogP contribution in [-0.2, 0) is 15.1 Å². The van der Waals surface area contributed by atoms with Crippen molar-refractivity contribution < 1.29 is 19.4 Å². The third-order valence-electron chi connectivity index (χ3n) is 4.73. The molecule has 1 aliphatic carbocycles. The van der Waals surface area contributed by atoms with E-state index in [1.54, 1.807) is 7.11 Å². The molecule has 1 aliphatic rings. The lowest BCUT2D eigenvalue weighted by Crippen LogP contribution is -2.43. The van der Waals surface area contributed by atoms with E-state index in [0.29, 0.717) is 12.3 Å². The molecule has 3 rings (SSSR count). The number of carbonyl (C=O) groups is 1. The van der Waals surface area contributed by atoms with Crippen LogP contribution in [0.5, 0.6) is 11.5 Å². The Labute approximate surface area is 142 Å². The number of para-hydroxylation sites is 1. The van der Waals surface area contributed by atoms with E-state index in [9.17, 15) is 4.79 Å². The maximum absolute atomic E-state index is 10.7. The van der Waals surface area contributed by atoms with E-state index < -0.39 is 5.97 Å². The Hall–Kier alpha value is -2.33. The first-order chi connectivity index (χ1) is 11.6. The van der Waals surface area contributed by atoms with Gasteiger partial charge in [0.1, 0.15) is 11.5 Å². The zero-order valence-corrected chi connectivity index (χ0v) is 13.8. The summed E-state index contributed by atoms with van der Waals surface area (Å²) in [7, 11) is 1.72. The van der Waals surface area contributed by atoms with Crippen molar-refractivity contribution >= 4 is 5.97 Å². The van der Waals surface area contributed by atoms with Crippen molar-refractivity contribution in [3.05, 3.63) is 60.2 Å². The number of benzene rings is 2. The topological polar surface area (TPSA) is 55.8 Å². The van der Waals surface area contributed by atoms with Crippen LogP contribution in [-0.4, -0.2) is 18.2 Å². The van der Waals surface area contributed by atoms with Gasteiger partial charge < -0.3 is 14.6 Å². The van der Waals surface area contributed by atoms with Crippen LogP contribution in [0, 0.1) is 5.92 Å². The Morgan fingerprint density at radius 2 is 1.83 bits per heavy atom. The molecule has 2 aromatic rings. The number of carboxylic acid groups (broad SMARTS) is 1. The number of hydrogen-bond acceptors (Lipinski definition) is 3. The largest absolute Gasteiger partial charge is 0.481 e. The van der Waals surface area contributed by atoms with E-state index in [2.05, 4.69) is 6.07 Å². The first-order valence-corrected chi connectivity index (χ1v) is 8.22. The Kier molecular flexibility index (Phi) is 4.86. The van der Waals surface area contributed by atoms with Gasteiger partial charge in [-0.25, -0.2) is 0 Å². The molecule has 0 amide bonds. The SMILES string of the molecule is COC1(c2cccc(Oc3ccccc3)c2)CC(CCC(=O)O)C1. The Bertz CT molecular complexity index is 690. The highest BCUT2D eigenvalue weighted by molar-refractivity contribution is 5.66. The Morgan fingerprint density at radius 3 is 2.50 bits per heavy atom. The molecule has 1 fully saturated rings. The van der Waals surface area contributed by atoms with Gasteiger partial charge in [0.15, 0.2) is 0 Å². The Morgan fingerprint density at radius 1 is 1.12 bits per heavy atom. The minimum absolute atomic E-state index is 0.224. The second kappa shape index (κ2) is 7.05. The molecule has 4 nitrogen and oxygen atoms in total. The summed E-state index contributed by atoms with van der Waals surface area (Å²) in [5.74, 6) is 1.25. The fourth-order valence-electron chi connectivity index (χ4n) is 3.39. The molecular formula is C20H22O4. The first-order valence-electron chi connectivity index (χ1n) is 8.22. The second-order valence-electron chi connectivity index (χ2n) is 6.35. The number of rotatable bonds is 7. The van der Waals surface area contributed by atoms with Crippen LogP contribution in [0.15, 0.2) is 54.6 Å². The Balaban J connectivity index is 1.70. The van der Waals surface area contributed by atoms with E-state index in [0.717, 1.165) is 29.9 Å². The molecular weight excluding hydrogens is 304 g/mol. The first kappa shape index (κ1) is 16.5. The summed E-state index contributed by atoms with van der Waals surface area (Å²) >= 11 is 0. The summed E-state index contributed by atoms with van der Waals surface area (Å²) in [6.07, 6.45) is 2.64. The van der Waals surface area contributed by atoms with Crippen LogP contribution in [0.4, 0.5) is 0 Å². The number of hydrogen-bond donors (Lipinski definition) is 1. The number of aliphatic carboxylic acids is 1. The van der Waals surface area contributed by atoms with Gasteiger partial charge >= 0.3 is 5.97 Å². The molecule has 0 aromatic heterocycles. The maximum atomic E-state index is 10.7. The van der Waals surface area contributed by atoms with Gasteiger partial charge in [-0.3, -0.25) is 4.79 Å². The highest BCUT2D eigenvalue weighted by atomic mass is 16.5. The summed E-state index contributed by atoms with van der Waals surface area (Å²) in [6.45, 7) is 0. The molecule has 0 saturated heterocycles. The average Bonchev–Trinajstić information content (AvgIpc) is 2.55. The van der Waals surface area contributed by atoms with Crippen molar-refractivity contribution in [1.82, 2.24) is 0 Å². The lowest BCUT2D eigenvalue weighted by Gasteiger charge is -2.47. The third kappa shape index (κ3) is 3.60. The van der Waals surface area contributed by atoms with Gasteiger partial charge in [-0.15, -0.1) is 0 Å². The normalized spacial score (nSPS) is 22.6. The molecule has 0 heterocycles. The van der Waals surface area contributed by atoms with Gasteiger partial charge in [0.25, 0.3) is 0 Å². The quantitative estimate of drug-likeness (QED) is 0.808. The predicted octanol–water partition coefficient (Wildman–Crippen LogP) is 4.60. The van der Waals surface area contributed by atoms with Crippen LogP contribution in [0.1, 0.15) is 31.2 Å². The second-order valence-corrected chi connectivity index (χ2v) is 6.35. The van der Waals surface area contributed by atoms with Gasteiger partial charge in [-0.1, -0.05) is 30.3 Å². The van der Waals surface area contributed by atoms with Crippen molar-refractivity contribution in [2.75, 3.05) is 7.11 Å². The molecule has 0 bridgehead atoms. The zero-order chi connectivity index (χ0) is 17.0. The van der Waals surface area contributed by atoms with E-state index in [-0.39, 0.29) is 12.0 Å². The fourth-order valence-corrected chi connectivity index (χ4v) is 3.39. The standard InChI is InChI=1S/C20H22O4/c1-23-20(13-15(14-20)10-11-19(21)22)16-6-5-9-18(12-16)24-17-7-3-2-4-8-17/h2-9,12,15H,10-11,13-14H2,1H3,(H,21,22). The van der Waals surface area contributed by atoms with Crippen molar-refractivity contribution in [3.63, 3.8) is 0 Å². The number of methoxy groups -OCH3 is 1. The van der Waals surface area contributed by atoms with Crippen molar-refractivity contribution in [3.8, 4) is 11.5 Å². The van der Waals surface area contributed by atoms with Gasteiger partial charge in [0.05, 0.1) is 5.60 Å². The summed E-state index contributed by atoms with van der Waals surface area (Å²) < 4.78 is 11.7. The van der Waals surface area contributed by atoms with Crippen LogP contribution >= 0.6 is 0 Å². The van der Waals surface area contributed by atoms with Gasteiger partial charge in [0, 0.05) is 13.5 Å². The molecule has 0 atom stereocenters. The predicted molar refractivity (Wildman–Crippen MR) is 91.2 cm³/mol. The number of ether oxygens (including phenoxy) is 2. The van der Waals surface area contributed by atoms with E-state index >= 15 is 0 Å². The average molecular weight is 326 g/mol. The molecule has 0 unspecified atom stereocenters. The van der Waals surface area contributed by atoms with E-state index in [4.69, 9.17) is 14.6 Å². The van der Waals surface area contributed by atoms with Crippen LogP contribution in [0.3, 0.4) is 0 Å². The minimum atomic E-state index is -0.733. The highest BCUT2D eigenvalue weighted by Crippen LogP contribution is 2.50. The van der Waals surface area contributed by atoms with Crippen molar-refractivity contribution in [2.24, 2.45) is 5.92 Å². The zero-order valence-electron chi connectivity index (χ0n) is 13.8. The van der Waals surface area contributed by atoms with E-state index in [1.807, 2.05) is 48.5 Å². The fraction of sp³-hybridized carbons (Fsp3) is 0.350. The van der Waals surface area contributed by atoms with Crippen LogP contribution in [0.25, 0.3) is 0 Å². The molecule has 2 aromatic carbocycles. The summed E-state index contributed by atoms with van der Waals surface area (Å²) in [6, 6.07) is 17.6. The monoisotopic (exact) mass is 326 g/mol. The summed E-state index contributed by atoms with van der Waals surface area (Å²) in [4.78, 5) is 10.7. The van der Waals surface area contributed by atoms with Gasteiger partial charge in [0.2, 0.25) is 0 Å². The van der Waals surface area contributed by atoms with Gasteiger partial charge in [-0.05, 0) is 55.0 Å². The van der Waals surface area contributed by atoms with Crippen molar-refractivity contribution in [1.29, 1.82) is 0 Å². The van der Waals surface area contributed by atoms with Crippen LogP contribution in [0.2, 0.25) is 0 Å². The summed E-state index contributed by atoms with van der Waals surface area (Å²) in [5.41, 5.74) is 0.768. The molecule has 0 radical (unpaired) electrons. The third-order valence-corrected chi connectivity index (χ3v) is 4.73. The van der Waals surface area contributed by atoms with Crippen molar-refractivity contribution in [2.45, 2.75) is 31.3 Å². The van der Waals surface area contributed by atoms with E-state index in [1.165, 1.54) is 0 Å².